The second kappa shape index (κ2) is 8.09. The number of carbonyl (C=O) groups excluding carboxylic acids is 2. The number of likely N-dealkylation sites (N-methyl/N-ethyl adjacent to an activating group) is 1. The fourth-order valence-corrected chi connectivity index (χ4v) is 4.51. The van der Waals surface area contributed by atoms with Crippen molar-refractivity contribution in [2.24, 2.45) is 0 Å². The number of thiophene rings is 1. The molecule has 0 unspecified atom stereocenters. The van der Waals surface area contributed by atoms with Crippen LogP contribution in [0, 0.1) is 0 Å². The van der Waals surface area contributed by atoms with Gasteiger partial charge in [-0.1, -0.05) is 15.9 Å². The number of amides is 2. The van der Waals surface area contributed by atoms with E-state index in [1.54, 1.807) is 23.6 Å². The largest absolute Gasteiger partial charge is 0.349 e. The molecule has 2 amide bonds. The average molecular weight is 472 g/mol. The number of sulfonamides is 1. The molecule has 0 atom stereocenters. The van der Waals surface area contributed by atoms with E-state index in [1.807, 2.05) is 0 Å². The van der Waals surface area contributed by atoms with Crippen LogP contribution in [0.2, 0.25) is 0 Å². The monoisotopic (exact) mass is 471 g/mol. The van der Waals surface area contributed by atoms with Crippen LogP contribution in [0.3, 0.4) is 0 Å². The van der Waals surface area contributed by atoms with Gasteiger partial charge in [0.2, 0.25) is 15.9 Å². The van der Waals surface area contributed by atoms with Crippen molar-refractivity contribution in [1.29, 1.82) is 0 Å². The second-order valence-electron chi connectivity index (χ2n) is 6.17. The summed E-state index contributed by atoms with van der Waals surface area (Å²) in [5.74, 6) is -0.744. The fraction of sp³-hybridized carbons (Fsp3) is 0.294. The van der Waals surface area contributed by atoms with Gasteiger partial charge in [0.05, 0.1) is 17.0 Å². The smallest absolute Gasteiger partial charge is 0.254 e. The Balaban J connectivity index is 1.64. The molecule has 0 radical (unpaired) electrons. The van der Waals surface area contributed by atoms with E-state index in [9.17, 15) is 18.0 Å². The molecule has 0 saturated heterocycles. The zero-order chi connectivity index (χ0) is 19.6. The number of benzene rings is 1. The van der Waals surface area contributed by atoms with Crippen molar-refractivity contribution >= 4 is 54.1 Å². The minimum atomic E-state index is -3.79. The molecule has 1 saturated carbocycles. The number of halogens is 1. The maximum Gasteiger partial charge on any atom is 0.254 e. The molecular formula is C17H18BrN3O4S2. The quantitative estimate of drug-likeness (QED) is 0.648. The summed E-state index contributed by atoms with van der Waals surface area (Å²) in [6.07, 6.45) is 1.94. The highest BCUT2D eigenvalue weighted by Gasteiger charge is 2.26. The highest BCUT2D eigenvalue weighted by atomic mass is 79.9. The first kappa shape index (κ1) is 20.0. The number of nitrogens with zero attached hydrogens (tertiary/aromatic N) is 1. The van der Waals surface area contributed by atoms with Crippen LogP contribution in [0.5, 0.6) is 0 Å². The predicted octanol–water partition coefficient (Wildman–Crippen LogP) is 2.66. The van der Waals surface area contributed by atoms with Crippen molar-refractivity contribution in [1.82, 2.24) is 9.62 Å². The minimum Gasteiger partial charge on any atom is -0.349 e. The molecule has 2 aromatic rings. The Hall–Kier alpha value is -1.75. The van der Waals surface area contributed by atoms with Gasteiger partial charge in [-0.2, -0.15) is 4.31 Å². The fourth-order valence-electron chi connectivity index (χ4n) is 2.32. The maximum atomic E-state index is 12.6. The average Bonchev–Trinajstić information content (AvgIpc) is 3.30. The summed E-state index contributed by atoms with van der Waals surface area (Å²) in [4.78, 5) is 24.6. The van der Waals surface area contributed by atoms with Crippen molar-refractivity contribution in [2.45, 2.75) is 23.8 Å². The maximum absolute atomic E-state index is 12.6. The molecule has 1 aliphatic carbocycles. The summed E-state index contributed by atoms with van der Waals surface area (Å²) in [6.45, 7) is -0.361. The van der Waals surface area contributed by atoms with Crippen LogP contribution in [-0.2, 0) is 14.8 Å². The molecule has 3 rings (SSSR count). The van der Waals surface area contributed by atoms with Crippen molar-refractivity contribution in [2.75, 3.05) is 18.9 Å². The van der Waals surface area contributed by atoms with E-state index < -0.39 is 15.9 Å². The third-order valence-electron chi connectivity index (χ3n) is 3.96. The first-order valence-corrected chi connectivity index (χ1v) is 11.3. The molecule has 27 heavy (non-hydrogen) atoms. The molecule has 2 N–H and O–H groups in total. The third-order valence-corrected chi connectivity index (χ3v) is 7.14. The number of nitrogens with one attached hydrogen (secondary N) is 2. The number of anilines is 1. The van der Waals surface area contributed by atoms with Crippen LogP contribution in [0.25, 0.3) is 0 Å². The van der Waals surface area contributed by atoms with Gasteiger partial charge in [-0.3, -0.25) is 9.59 Å². The van der Waals surface area contributed by atoms with Crippen LogP contribution >= 0.6 is 27.3 Å². The summed E-state index contributed by atoms with van der Waals surface area (Å²) in [7, 11) is -2.45. The van der Waals surface area contributed by atoms with Crippen molar-refractivity contribution < 1.29 is 18.0 Å². The zero-order valence-electron chi connectivity index (χ0n) is 14.4. The lowest BCUT2D eigenvalue weighted by Gasteiger charge is -2.17. The summed E-state index contributed by atoms with van der Waals surface area (Å²) >= 11 is 4.48. The Bertz CT molecular complexity index is 953. The zero-order valence-corrected chi connectivity index (χ0v) is 17.7. The van der Waals surface area contributed by atoms with Gasteiger partial charge in [-0.05, 0) is 48.6 Å². The van der Waals surface area contributed by atoms with E-state index in [0.717, 1.165) is 21.6 Å². The molecule has 0 bridgehead atoms. The topological polar surface area (TPSA) is 95.6 Å². The highest BCUT2D eigenvalue weighted by molar-refractivity contribution is 9.10. The first-order chi connectivity index (χ1) is 12.8. The molecule has 0 spiro atoms. The van der Waals surface area contributed by atoms with Crippen molar-refractivity contribution in [3.05, 3.63) is 45.7 Å². The van der Waals surface area contributed by atoms with Crippen LogP contribution in [-0.4, -0.2) is 44.2 Å². The molecule has 1 aliphatic rings. The Morgan fingerprint density at radius 2 is 1.89 bits per heavy atom. The van der Waals surface area contributed by atoms with E-state index in [0.29, 0.717) is 10.6 Å². The van der Waals surface area contributed by atoms with E-state index in [2.05, 4.69) is 26.6 Å². The molecule has 1 heterocycles. The van der Waals surface area contributed by atoms with Gasteiger partial charge in [0.15, 0.2) is 0 Å². The molecule has 0 aliphatic heterocycles. The van der Waals surface area contributed by atoms with Crippen LogP contribution in [0.15, 0.2) is 45.1 Å². The van der Waals surface area contributed by atoms with Crippen LogP contribution in [0.1, 0.15) is 23.2 Å². The third kappa shape index (κ3) is 4.95. The van der Waals surface area contributed by atoms with Crippen molar-refractivity contribution in [3.8, 4) is 0 Å². The van der Waals surface area contributed by atoms with Crippen LogP contribution < -0.4 is 10.6 Å². The van der Waals surface area contributed by atoms with Gasteiger partial charge in [0, 0.05) is 17.6 Å². The van der Waals surface area contributed by atoms with E-state index in [-0.39, 0.29) is 23.4 Å². The number of hydrogen-bond donors (Lipinski definition) is 2. The Morgan fingerprint density at radius 1 is 1.22 bits per heavy atom. The summed E-state index contributed by atoms with van der Waals surface area (Å²) < 4.78 is 26.8. The first-order valence-electron chi connectivity index (χ1n) is 8.17. The van der Waals surface area contributed by atoms with Crippen molar-refractivity contribution in [3.63, 3.8) is 0 Å². The highest BCUT2D eigenvalue weighted by Crippen LogP contribution is 2.26. The number of hydrogen-bond acceptors (Lipinski definition) is 5. The van der Waals surface area contributed by atoms with Gasteiger partial charge in [0.1, 0.15) is 5.00 Å². The molecule has 1 aromatic heterocycles. The van der Waals surface area contributed by atoms with Crippen LogP contribution in [0.4, 0.5) is 5.00 Å². The standard InChI is InChI=1S/C17H18BrN3O4S2/c1-21(27(24,25)13-6-2-11(18)3-7-13)10-15(22)20-17-14(8-9-26-17)16(23)19-12-4-5-12/h2-3,6-9,12H,4-5,10H2,1H3,(H,19,23)(H,20,22). The van der Waals surface area contributed by atoms with Gasteiger partial charge in [-0.15, -0.1) is 11.3 Å². The number of rotatable bonds is 7. The molecule has 1 aromatic carbocycles. The van der Waals surface area contributed by atoms with E-state index in [4.69, 9.17) is 0 Å². The normalized spacial score (nSPS) is 14.2. The SMILES string of the molecule is CN(CC(=O)Nc1sccc1C(=O)NC1CC1)S(=O)(=O)c1ccc(Br)cc1. The number of carbonyl (C=O) groups is 2. The Kier molecular flexibility index (Phi) is 5.99. The lowest BCUT2D eigenvalue weighted by atomic mass is 10.3. The van der Waals surface area contributed by atoms with E-state index in [1.165, 1.54) is 30.5 Å². The van der Waals surface area contributed by atoms with Gasteiger partial charge < -0.3 is 10.6 Å². The molecule has 144 valence electrons. The predicted molar refractivity (Wildman–Crippen MR) is 107 cm³/mol. The summed E-state index contributed by atoms with van der Waals surface area (Å²) in [6, 6.07) is 8.03. The Morgan fingerprint density at radius 3 is 2.52 bits per heavy atom. The lowest BCUT2D eigenvalue weighted by molar-refractivity contribution is -0.116. The molecule has 7 nitrogen and oxygen atoms in total. The van der Waals surface area contributed by atoms with Gasteiger partial charge in [-0.25, -0.2) is 8.42 Å². The Labute approximate surface area is 169 Å². The lowest BCUT2D eigenvalue weighted by Crippen LogP contribution is -2.35. The van der Waals surface area contributed by atoms with E-state index >= 15 is 0 Å². The summed E-state index contributed by atoms with van der Waals surface area (Å²) in [5.41, 5.74) is 0.388. The van der Waals surface area contributed by atoms with Gasteiger partial charge in [0.25, 0.3) is 5.91 Å². The second-order valence-corrected chi connectivity index (χ2v) is 10.1. The molecule has 1 fully saturated rings. The molecular weight excluding hydrogens is 454 g/mol. The molecule has 10 heteroatoms. The summed E-state index contributed by atoms with van der Waals surface area (Å²) in [5, 5.41) is 7.62. The van der Waals surface area contributed by atoms with Gasteiger partial charge >= 0.3 is 0 Å². The minimum absolute atomic E-state index is 0.0987.